The van der Waals surface area contributed by atoms with Crippen LogP contribution in [0.1, 0.15) is 106 Å². The summed E-state index contributed by atoms with van der Waals surface area (Å²) >= 11 is 0. The van der Waals surface area contributed by atoms with Gasteiger partial charge in [0.1, 0.15) is 5.82 Å². The summed E-state index contributed by atoms with van der Waals surface area (Å²) in [7, 11) is 0. The highest BCUT2D eigenvalue weighted by molar-refractivity contribution is 5.38. The molecule has 0 aromatic heterocycles. The second-order valence-electron chi connectivity index (χ2n) is 9.29. The Labute approximate surface area is 189 Å². The molecule has 0 amide bonds. The van der Waals surface area contributed by atoms with Gasteiger partial charge in [0.25, 0.3) is 0 Å². The SMILES string of the molecule is CCCCCc1ccc([C@H]2CC[C@H](C#Cc3ccc(CCCCC)cc3F)CC2)cc1. The number of benzene rings is 2. The van der Waals surface area contributed by atoms with Gasteiger partial charge in [-0.25, -0.2) is 4.39 Å². The summed E-state index contributed by atoms with van der Waals surface area (Å²) in [6.07, 6.45) is 14.2. The molecular weight excluding hydrogens is 379 g/mol. The van der Waals surface area contributed by atoms with Crippen molar-refractivity contribution in [3.8, 4) is 11.8 Å². The van der Waals surface area contributed by atoms with E-state index in [4.69, 9.17) is 0 Å². The lowest BCUT2D eigenvalue weighted by Crippen LogP contribution is -2.12. The van der Waals surface area contributed by atoms with Crippen molar-refractivity contribution in [3.05, 3.63) is 70.5 Å². The van der Waals surface area contributed by atoms with Crippen LogP contribution in [0, 0.1) is 23.6 Å². The largest absolute Gasteiger partial charge is 0.206 e. The van der Waals surface area contributed by atoms with E-state index >= 15 is 0 Å². The maximum atomic E-state index is 14.4. The predicted octanol–water partition coefficient (Wildman–Crippen LogP) is 8.62. The van der Waals surface area contributed by atoms with E-state index in [0.29, 0.717) is 17.4 Å². The number of halogens is 1. The van der Waals surface area contributed by atoms with Crippen LogP contribution in [0.2, 0.25) is 0 Å². The third-order valence-corrected chi connectivity index (χ3v) is 6.76. The molecule has 3 rings (SSSR count). The molecule has 1 saturated carbocycles. The van der Waals surface area contributed by atoms with Gasteiger partial charge in [-0.2, -0.15) is 0 Å². The van der Waals surface area contributed by atoms with Crippen LogP contribution in [0.15, 0.2) is 42.5 Å². The molecule has 0 aliphatic heterocycles. The van der Waals surface area contributed by atoms with Gasteiger partial charge in [-0.1, -0.05) is 81.7 Å². The molecule has 0 bridgehead atoms. The third-order valence-electron chi connectivity index (χ3n) is 6.76. The van der Waals surface area contributed by atoms with Gasteiger partial charge in [0, 0.05) is 5.92 Å². The number of aryl methyl sites for hydroxylation is 2. The van der Waals surface area contributed by atoms with E-state index in [1.54, 1.807) is 6.07 Å². The predicted molar refractivity (Wildman–Crippen MR) is 131 cm³/mol. The molecule has 0 saturated heterocycles. The van der Waals surface area contributed by atoms with Gasteiger partial charge in [0.05, 0.1) is 5.56 Å². The molecule has 0 radical (unpaired) electrons. The molecule has 2 aromatic rings. The first-order chi connectivity index (χ1) is 15.2. The van der Waals surface area contributed by atoms with Crippen LogP contribution in [-0.2, 0) is 12.8 Å². The first-order valence-electron chi connectivity index (χ1n) is 12.6. The van der Waals surface area contributed by atoms with Crippen LogP contribution in [-0.4, -0.2) is 0 Å². The Hall–Kier alpha value is -2.07. The van der Waals surface area contributed by atoms with Crippen molar-refractivity contribution in [2.45, 2.75) is 96.8 Å². The van der Waals surface area contributed by atoms with E-state index in [1.807, 2.05) is 12.1 Å². The zero-order valence-corrected chi connectivity index (χ0v) is 19.6. The zero-order chi connectivity index (χ0) is 21.9. The van der Waals surface area contributed by atoms with E-state index in [9.17, 15) is 4.39 Å². The minimum Gasteiger partial charge on any atom is -0.206 e. The van der Waals surface area contributed by atoms with Gasteiger partial charge in [0.2, 0.25) is 0 Å². The van der Waals surface area contributed by atoms with Crippen molar-refractivity contribution < 1.29 is 4.39 Å². The average molecular weight is 419 g/mol. The molecule has 2 aromatic carbocycles. The highest BCUT2D eigenvalue weighted by Crippen LogP contribution is 2.35. The van der Waals surface area contributed by atoms with Crippen LogP contribution < -0.4 is 0 Å². The fraction of sp³-hybridized carbons (Fsp3) is 0.533. The summed E-state index contributed by atoms with van der Waals surface area (Å²) < 4.78 is 14.4. The van der Waals surface area contributed by atoms with Gasteiger partial charge in [-0.15, -0.1) is 0 Å². The topological polar surface area (TPSA) is 0 Å². The lowest BCUT2D eigenvalue weighted by atomic mass is 9.78. The molecule has 0 spiro atoms. The van der Waals surface area contributed by atoms with E-state index in [0.717, 1.165) is 31.2 Å². The molecule has 1 heteroatoms. The van der Waals surface area contributed by atoms with Crippen molar-refractivity contribution in [1.29, 1.82) is 0 Å². The number of rotatable bonds is 9. The van der Waals surface area contributed by atoms with E-state index in [2.05, 4.69) is 50.0 Å². The smallest absolute Gasteiger partial charge is 0.139 e. The Morgan fingerprint density at radius 2 is 1.39 bits per heavy atom. The minimum absolute atomic E-state index is 0.158. The Bertz CT molecular complexity index is 844. The first kappa shape index (κ1) is 23.6. The minimum atomic E-state index is -0.158. The van der Waals surface area contributed by atoms with Crippen LogP contribution in [0.5, 0.6) is 0 Å². The summed E-state index contributed by atoms with van der Waals surface area (Å²) in [5.41, 5.74) is 4.60. The third kappa shape index (κ3) is 7.53. The van der Waals surface area contributed by atoms with Crippen molar-refractivity contribution >= 4 is 0 Å². The molecule has 0 N–H and O–H groups in total. The molecule has 1 aliphatic carbocycles. The van der Waals surface area contributed by atoms with Crippen molar-refractivity contribution in [2.24, 2.45) is 5.92 Å². The van der Waals surface area contributed by atoms with Gasteiger partial charge < -0.3 is 0 Å². The van der Waals surface area contributed by atoms with E-state index in [-0.39, 0.29) is 5.82 Å². The highest BCUT2D eigenvalue weighted by atomic mass is 19.1. The summed E-state index contributed by atoms with van der Waals surface area (Å²) in [5.74, 6) is 7.40. The second-order valence-corrected chi connectivity index (χ2v) is 9.29. The number of unbranched alkanes of at least 4 members (excludes halogenated alkanes) is 4. The maximum absolute atomic E-state index is 14.4. The van der Waals surface area contributed by atoms with Gasteiger partial charge in [-0.05, 0) is 86.1 Å². The number of hydrogen-bond donors (Lipinski definition) is 0. The Balaban J connectivity index is 1.49. The molecule has 0 heterocycles. The molecule has 0 nitrogen and oxygen atoms in total. The second kappa shape index (κ2) is 12.7. The molecule has 31 heavy (non-hydrogen) atoms. The molecule has 0 unspecified atom stereocenters. The van der Waals surface area contributed by atoms with Crippen LogP contribution >= 0.6 is 0 Å². The van der Waals surface area contributed by atoms with Gasteiger partial charge in [-0.3, -0.25) is 0 Å². The standard InChI is InChI=1S/C30H39F/c1-3-5-7-9-24-11-17-27(18-12-24)28-19-13-25(14-20-28)15-21-29-22-16-26(23-30(29)31)10-8-6-4-2/h11-12,16-18,22-23,25,28H,3-10,13-14,19-20H2,1-2H3/t25-,28-. The van der Waals surface area contributed by atoms with Crippen LogP contribution in [0.3, 0.4) is 0 Å². The molecular formula is C30H39F. The normalized spacial score (nSPS) is 18.4. The number of hydrogen-bond acceptors (Lipinski definition) is 0. The quantitative estimate of drug-likeness (QED) is 0.282. The summed E-state index contributed by atoms with van der Waals surface area (Å²) in [6.45, 7) is 4.45. The first-order valence-corrected chi connectivity index (χ1v) is 12.6. The lowest BCUT2D eigenvalue weighted by molar-refractivity contribution is 0.384. The lowest BCUT2D eigenvalue weighted by Gasteiger charge is -2.26. The fourth-order valence-corrected chi connectivity index (χ4v) is 4.68. The van der Waals surface area contributed by atoms with Crippen LogP contribution in [0.25, 0.3) is 0 Å². The summed E-state index contributed by atoms with van der Waals surface area (Å²) in [4.78, 5) is 0. The average Bonchev–Trinajstić information content (AvgIpc) is 2.80. The van der Waals surface area contributed by atoms with E-state index in [1.165, 1.54) is 62.5 Å². The Morgan fingerprint density at radius 1 is 0.774 bits per heavy atom. The highest BCUT2D eigenvalue weighted by Gasteiger charge is 2.21. The maximum Gasteiger partial charge on any atom is 0.139 e. The monoisotopic (exact) mass is 418 g/mol. The summed E-state index contributed by atoms with van der Waals surface area (Å²) in [5, 5.41) is 0. The zero-order valence-electron chi connectivity index (χ0n) is 19.6. The van der Waals surface area contributed by atoms with Crippen molar-refractivity contribution in [2.75, 3.05) is 0 Å². The van der Waals surface area contributed by atoms with Gasteiger partial charge >= 0.3 is 0 Å². The van der Waals surface area contributed by atoms with Crippen molar-refractivity contribution in [3.63, 3.8) is 0 Å². The molecule has 0 atom stereocenters. The van der Waals surface area contributed by atoms with Crippen molar-refractivity contribution in [1.82, 2.24) is 0 Å². The van der Waals surface area contributed by atoms with Gasteiger partial charge in [0.15, 0.2) is 0 Å². The summed E-state index contributed by atoms with van der Waals surface area (Å²) in [6, 6.07) is 14.9. The Morgan fingerprint density at radius 3 is 2.00 bits per heavy atom. The fourth-order valence-electron chi connectivity index (χ4n) is 4.68. The van der Waals surface area contributed by atoms with E-state index < -0.39 is 0 Å². The molecule has 1 fully saturated rings. The molecule has 1 aliphatic rings. The van der Waals surface area contributed by atoms with Crippen LogP contribution in [0.4, 0.5) is 4.39 Å². The Kier molecular flexibility index (Phi) is 9.67. The molecule has 166 valence electrons.